The minimum absolute atomic E-state index is 0.170. The zero-order valence-corrected chi connectivity index (χ0v) is 11.3. The van der Waals surface area contributed by atoms with Gasteiger partial charge in [0, 0.05) is 12.2 Å². The summed E-state index contributed by atoms with van der Waals surface area (Å²) in [6, 6.07) is 6.54. The van der Waals surface area contributed by atoms with Crippen molar-refractivity contribution < 1.29 is 5.11 Å². The first kappa shape index (κ1) is 12.4. The molecule has 2 heteroatoms. The van der Waals surface area contributed by atoms with Crippen molar-refractivity contribution in [1.82, 2.24) is 0 Å². The predicted octanol–water partition coefficient (Wildman–Crippen LogP) is 3.04. The second-order valence-corrected chi connectivity index (χ2v) is 5.75. The summed E-state index contributed by atoms with van der Waals surface area (Å²) < 4.78 is 0. The molecule has 0 radical (unpaired) electrons. The molecule has 1 aromatic rings. The molecular formula is C15H23NO. The molecule has 1 aromatic carbocycles. The van der Waals surface area contributed by atoms with Gasteiger partial charge in [0.05, 0.1) is 11.6 Å². The van der Waals surface area contributed by atoms with Gasteiger partial charge in [-0.2, -0.15) is 0 Å². The molecule has 0 aromatic heterocycles. The van der Waals surface area contributed by atoms with E-state index in [4.69, 9.17) is 0 Å². The van der Waals surface area contributed by atoms with E-state index in [1.54, 1.807) is 0 Å². The van der Waals surface area contributed by atoms with Gasteiger partial charge in [0.2, 0.25) is 0 Å². The van der Waals surface area contributed by atoms with Gasteiger partial charge in [-0.15, -0.1) is 0 Å². The van der Waals surface area contributed by atoms with Crippen LogP contribution in [0, 0.1) is 13.8 Å². The number of anilines is 1. The first-order chi connectivity index (χ1) is 7.93. The van der Waals surface area contributed by atoms with Crippen molar-refractivity contribution in [2.45, 2.75) is 52.2 Å². The fraction of sp³-hybridized carbons (Fsp3) is 0.600. The number of nitrogens with zero attached hydrogens (tertiary/aromatic N) is 1. The van der Waals surface area contributed by atoms with Crippen molar-refractivity contribution in [2.75, 3.05) is 11.4 Å². The summed E-state index contributed by atoms with van der Waals surface area (Å²) in [6.45, 7) is 9.58. The van der Waals surface area contributed by atoms with Crippen LogP contribution in [0.4, 0.5) is 5.69 Å². The molecule has 1 N–H and O–H groups in total. The minimum atomic E-state index is -0.240. The van der Waals surface area contributed by atoms with Crippen LogP contribution in [0.25, 0.3) is 0 Å². The molecule has 2 rings (SSSR count). The number of aliphatic hydroxyl groups is 1. The van der Waals surface area contributed by atoms with Crippen LogP contribution in [0.3, 0.4) is 0 Å². The van der Waals surface area contributed by atoms with Crippen molar-refractivity contribution in [1.29, 1.82) is 0 Å². The van der Waals surface area contributed by atoms with E-state index in [2.05, 4.69) is 50.8 Å². The molecule has 1 aliphatic rings. The minimum Gasteiger partial charge on any atom is -0.391 e. The van der Waals surface area contributed by atoms with Crippen molar-refractivity contribution in [3.8, 4) is 0 Å². The zero-order chi connectivity index (χ0) is 12.6. The molecule has 0 amide bonds. The van der Waals surface area contributed by atoms with E-state index in [1.165, 1.54) is 16.8 Å². The molecule has 1 saturated heterocycles. The van der Waals surface area contributed by atoms with E-state index in [1.807, 2.05) is 0 Å². The lowest BCUT2D eigenvalue weighted by atomic mass is 9.86. The van der Waals surface area contributed by atoms with Crippen LogP contribution in [0.15, 0.2) is 18.2 Å². The van der Waals surface area contributed by atoms with Crippen LogP contribution in [0.5, 0.6) is 0 Å². The number of hydrogen-bond donors (Lipinski definition) is 1. The standard InChI is InChI=1S/C15H23NO/c1-11-7-8-12(2)13(10-11)16-9-5-6-14(17)15(16,3)4/h7-8,10,14,17H,5-6,9H2,1-4H3. The van der Waals surface area contributed by atoms with Crippen LogP contribution < -0.4 is 4.90 Å². The van der Waals surface area contributed by atoms with Gasteiger partial charge < -0.3 is 10.0 Å². The molecule has 0 spiro atoms. The highest BCUT2D eigenvalue weighted by atomic mass is 16.3. The maximum atomic E-state index is 10.2. The van der Waals surface area contributed by atoms with Gasteiger partial charge in [0.1, 0.15) is 0 Å². The summed E-state index contributed by atoms with van der Waals surface area (Å²) >= 11 is 0. The molecule has 0 aliphatic carbocycles. The lowest BCUT2D eigenvalue weighted by molar-refractivity contribution is 0.0711. The molecule has 0 bridgehead atoms. The molecule has 1 fully saturated rings. The second kappa shape index (κ2) is 4.34. The van der Waals surface area contributed by atoms with Crippen LogP contribution >= 0.6 is 0 Å². The zero-order valence-electron chi connectivity index (χ0n) is 11.3. The highest BCUT2D eigenvalue weighted by Crippen LogP contribution is 2.34. The van der Waals surface area contributed by atoms with Crippen molar-refractivity contribution in [3.63, 3.8) is 0 Å². The first-order valence-corrected chi connectivity index (χ1v) is 6.46. The summed E-state index contributed by atoms with van der Waals surface area (Å²) in [5.41, 5.74) is 3.67. The van der Waals surface area contributed by atoms with E-state index < -0.39 is 0 Å². The van der Waals surface area contributed by atoms with Crippen molar-refractivity contribution in [3.05, 3.63) is 29.3 Å². The predicted molar refractivity (Wildman–Crippen MR) is 72.6 cm³/mol. The molecule has 1 aliphatic heterocycles. The third kappa shape index (κ3) is 2.19. The van der Waals surface area contributed by atoms with E-state index in [9.17, 15) is 5.11 Å². The summed E-state index contributed by atoms with van der Waals surface area (Å²) in [5, 5.41) is 10.2. The fourth-order valence-corrected chi connectivity index (χ4v) is 2.71. The maximum Gasteiger partial charge on any atom is 0.0767 e. The number of hydrogen-bond acceptors (Lipinski definition) is 2. The quantitative estimate of drug-likeness (QED) is 0.806. The van der Waals surface area contributed by atoms with Gasteiger partial charge in [0.15, 0.2) is 0 Å². The van der Waals surface area contributed by atoms with Gasteiger partial charge >= 0.3 is 0 Å². The van der Waals surface area contributed by atoms with Crippen LogP contribution in [0.2, 0.25) is 0 Å². The number of piperidine rings is 1. The lowest BCUT2D eigenvalue weighted by Crippen LogP contribution is -2.56. The Bertz CT molecular complexity index is 411. The maximum absolute atomic E-state index is 10.2. The highest BCUT2D eigenvalue weighted by Gasteiger charge is 2.37. The summed E-state index contributed by atoms with van der Waals surface area (Å²) in [7, 11) is 0. The third-order valence-electron chi connectivity index (χ3n) is 4.03. The molecule has 2 nitrogen and oxygen atoms in total. The Labute approximate surface area is 104 Å². The SMILES string of the molecule is Cc1ccc(C)c(N2CCCC(O)C2(C)C)c1. The van der Waals surface area contributed by atoms with E-state index >= 15 is 0 Å². The Morgan fingerprint density at radius 2 is 2.00 bits per heavy atom. The summed E-state index contributed by atoms with van der Waals surface area (Å²) in [4.78, 5) is 2.36. The Morgan fingerprint density at radius 3 is 2.71 bits per heavy atom. The third-order valence-corrected chi connectivity index (χ3v) is 4.03. The number of aliphatic hydroxyl groups excluding tert-OH is 1. The monoisotopic (exact) mass is 233 g/mol. The molecule has 0 saturated carbocycles. The fourth-order valence-electron chi connectivity index (χ4n) is 2.71. The average molecular weight is 233 g/mol. The van der Waals surface area contributed by atoms with Crippen molar-refractivity contribution >= 4 is 5.69 Å². The number of rotatable bonds is 1. The molecule has 94 valence electrons. The van der Waals surface area contributed by atoms with Crippen LogP contribution in [-0.2, 0) is 0 Å². The Kier molecular flexibility index (Phi) is 3.17. The van der Waals surface area contributed by atoms with Gasteiger partial charge in [-0.3, -0.25) is 0 Å². The summed E-state index contributed by atoms with van der Waals surface area (Å²) in [6.07, 6.45) is 1.74. The van der Waals surface area contributed by atoms with Gasteiger partial charge in [-0.1, -0.05) is 12.1 Å². The van der Waals surface area contributed by atoms with Crippen LogP contribution in [0.1, 0.15) is 37.8 Å². The Morgan fingerprint density at radius 1 is 1.29 bits per heavy atom. The highest BCUT2D eigenvalue weighted by molar-refractivity contribution is 5.57. The topological polar surface area (TPSA) is 23.5 Å². The van der Waals surface area contributed by atoms with Gasteiger partial charge in [0.25, 0.3) is 0 Å². The summed E-state index contributed by atoms with van der Waals surface area (Å²) in [5.74, 6) is 0. The molecule has 1 unspecified atom stereocenters. The van der Waals surface area contributed by atoms with E-state index in [0.29, 0.717) is 0 Å². The second-order valence-electron chi connectivity index (χ2n) is 5.75. The smallest absolute Gasteiger partial charge is 0.0767 e. The molecule has 1 atom stereocenters. The largest absolute Gasteiger partial charge is 0.391 e. The first-order valence-electron chi connectivity index (χ1n) is 6.46. The normalized spacial score (nSPS) is 23.8. The van der Waals surface area contributed by atoms with E-state index in [0.717, 1.165) is 19.4 Å². The van der Waals surface area contributed by atoms with Gasteiger partial charge in [-0.05, 0) is 57.7 Å². The van der Waals surface area contributed by atoms with Crippen LogP contribution in [-0.4, -0.2) is 23.3 Å². The Hall–Kier alpha value is -1.02. The number of aryl methyl sites for hydroxylation is 2. The molecule has 1 heterocycles. The van der Waals surface area contributed by atoms with Crippen molar-refractivity contribution in [2.24, 2.45) is 0 Å². The lowest BCUT2D eigenvalue weighted by Gasteiger charge is -2.48. The average Bonchev–Trinajstić information content (AvgIpc) is 2.26. The number of benzene rings is 1. The molecular weight excluding hydrogens is 210 g/mol. The Balaban J connectivity index is 2.41. The van der Waals surface area contributed by atoms with Gasteiger partial charge in [-0.25, -0.2) is 0 Å². The van der Waals surface area contributed by atoms with E-state index in [-0.39, 0.29) is 11.6 Å². The molecule has 17 heavy (non-hydrogen) atoms.